The van der Waals surface area contributed by atoms with Crippen molar-refractivity contribution < 1.29 is 19.4 Å². The molecule has 0 aromatic rings. The van der Waals surface area contributed by atoms with E-state index in [0.717, 1.165) is 26.0 Å². The Morgan fingerprint density at radius 2 is 2.35 bits per heavy atom. The van der Waals surface area contributed by atoms with Gasteiger partial charge in [0.1, 0.15) is 0 Å². The number of carbonyl (C=O) groups is 1. The Balaban J connectivity index is 2.29. The average Bonchev–Trinajstić information content (AvgIpc) is 2.75. The summed E-state index contributed by atoms with van der Waals surface area (Å²) in [5.74, 6) is -0.145. The van der Waals surface area contributed by atoms with E-state index in [1.165, 1.54) is 14.0 Å². The van der Waals surface area contributed by atoms with Crippen LogP contribution in [0.4, 0.5) is 0 Å². The first-order valence-corrected chi connectivity index (χ1v) is 6.14. The number of aliphatic hydroxyl groups is 1. The van der Waals surface area contributed by atoms with Crippen molar-refractivity contribution in [3.8, 4) is 0 Å². The summed E-state index contributed by atoms with van der Waals surface area (Å²) in [5.41, 5.74) is -1.46. The van der Waals surface area contributed by atoms with E-state index in [2.05, 4.69) is 17.0 Å². The number of hydrogen-bond donors (Lipinski definition) is 2. The van der Waals surface area contributed by atoms with Gasteiger partial charge < -0.3 is 19.9 Å². The number of nitrogens with one attached hydrogen (secondary N) is 1. The molecule has 1 saturated heterocycles. The van der Waals surface area contributed by atoms with Gasteiger partial charge in [-0.2, -0.15) is 0 Å². The second kappa shape index (κ2) is 6.33. The third-order valence-electron chi connectivity index (χ3n) is 3.25. The maximum atomic E-state index is 11.2. The Hall–Kier alpha value is -0.650. The summed E-state index contributed by atoms with van der Waals surface area (Å²) in [7, 11) is 1.27. The third-order valence-corrected chi connectivity index (χ3v) is 3.25. The van der Waals surface area contributed by atoms with Crippen molar-refractivity contribution in [1.29, 1.82) is 0 Å². The summed E-state index contributed by atoms with van der Waals surface area (Å²) in [5, 5.41) is 12.9. The minimum absolute atomic E-state index is 0.201. The number of methoxy groups -OCH3 is 1. The van der Waals surface area contributed by atoms with Gasteiger partial charge in [0.2, 0.25) is 0 Å². The molecular weight excluding hydrogens is 222 g/mol. The lowest BCUT2D eigenvalue weighted by Gasteiger charge is -2.23. The van der Waals surface area contributed by atoms with E-state index >= 15 is 0 Å². The van der Waals surface area contributed by atoms with Crippen molar-refractivity contribution >= 4 is 5.97 Å². The molecule has 0 radical (unpaired) electrons. The van der Waals surface area contributed by atoms with Gasteiger partial charge in [-0.1, -0.05) is 6.92 Å². The van der Waals surface area contributed by atoms with Gasteiger partial charge in [0, 0.05) is 19.7 Å². The van der Waals surface area contributed by atoms with Gasteiger partial charge in [-0.15, -0.1) is 0 Å². The number of rotatable bonds is 6. The second-order valence-electron chi connectivity index (χ2n) is 4.76. The minimum Gasteiger partial charge on any atom is -0.467 e. The smallest absolute Gasteiger partial charge is 0.338 e. The van der Waals surface area contributed by atoms with E-state index < -0.39 is 11.6 Å². The van der Waals surface area contributed by atoms with Crippen LogP contribution >= 0.6 is 0 Å². The average molecular weight is 245 g/mol. The maximum absolute atomic E-state index is 11.2. The molecule has 1 heterocycles. The molecule has 0 saturated carbocycles. The summed E-state index contributed by atoms with van der Waals surface area (Å²) in [6.45, 7) is 5.32. The lowest BCUT2D eigenvalue weighted by Crippen LogP contribution is -2.47. The third kappa shape index (κ3) is 3.94. The van der Waals surface area contributed by atoms with Crippen molar-refractivity contribution in [3.63, 3.8) is 0 Å². The number of hydrogen-bond acceptors (Lipinski definition) is 5. The summed E-state index contributed by atoms with van der Waals surface area (Å²) in [6.07, 6.45) is 2.33. The Bertz CT molecular complexity index is 255. The Labute approximate surface area is 102 Å². The van der Waals surface area contributed by atoms with Gasteiger partial charge in [0.15, 0.2) is 5.60 Å². The van der Waals surface area contributed by atoms with Gasteiger partial charge >= 0.3 is 5.97 Å². The molecule has 3 unspecified atom stereocenters. The molecule has 5 heteroatoms. The predicted octanol–water partition coefficient (Wildman–Crippen LogP) is 0.315. The van der Waals surface area contributed by atoms with Crippen molar-refractivity contribution in [1.82, 2.24) is 5.32 Å². The van der Waals surface area contributed by atoms with Crippen LogP contribution in [0.15, 0.2) is 0 Å². The molecule has 1 fully saturated rings. The molecule has 5 nitrogen and oxygen atoms in total. The topological polar surface area (TPSA) is 67.8 Å². The lowest BCUT2D eigenvalue weighted by molar-refractivity contribution is -0.159. The molecule has 1 aliphatic heterocycles. The SMILES string of the molecule is CCC1OCCC1CNCC(C)(O)C(=O)OC. The van der Waals surface area contributed by atoms with Gasteiger partial charge in [-0.25, -0.2) is 4.79 Å². The highest BCUT2D eigenvalue weighted by atomic mass is 16.5. The number of ether oxygens (including phenoxy) is 2. The Kier molecular flexibility index (Phi) is 5.36. The molecule has 1 rings (SSSR count). The monoisotopic (exact) mass is 245 g/mol. The van der Waals surface area contributed by atoms with Crippen LogP contribution in [0.5, 0.6) is 0 Å². The van der Waals surface area contributed by atoms with Crippen LogP contribution in [0.25, 0.3) is 0 Å². The molecule has 100 valence electrons. The van der Waals surface area contributed by atoms with E-state index in [1.54, 1.807) is 0 Å². The fourth-order valence-electron chi connectivity index (χ4n) is 2.17. The highest BCUT2D eigenvalue weighted by molar-refractivity contribution is 5.78. The maximum Gasteiger partial charge on any atom is 0.338 e. The largest absolute Gasteiger partial charge is 0.467 e. The first-order chi connectivity index (χ1) is 8.01. The quantitative estimate of drug-likeness (QED) is 0.659. The molecule has 1 aliphatic rings. The molecule has 3 atom stereocenters. The van der Waals surface area contributed by atoms with Crippen LogP contribution in [-0.4, -0.2) is 49.6 Å². The zero-order valence-corrected chi connectivity index (χ0v) is 10.9. The van der Waals surface area contributed by atoms with E-state index in [4.69, 9.17) is 4.74 Å². The summed E-state index contributed by atoms with van der Waals surface area (Å²) >= 11 is 0. The molecule has 17 heavy (non-hydrogen) atoms. The van der Waals surface area contributed by atoms with Crippen LogP contribution in [0.1, 0.15) is 26.7 Å². The molecule has 0 bridgehead atoms. The normalized spacial score (nSPS) is 27.8. The first-order valence-electron chi connectivity index (χ1n) is 6.14. The lowest BCUT2D eigenvalue weighted by atomic mass is 9.99. The molecule has 0 aliphatic carbocycles. The second-order valence-corrected chi connectivity index (χ2v) is 4.76. The summed E-state index contributed by atoms with van der Waals surface area (Å²) in [6, 6.07) is 0. The van der Waals surface area contributed by atoms with Crippen molar-refractivity contribution in [2.75, 3.05) is 26.8 Å². The fraction of sp³-hybridized carbons (Fsp3) is 0.917. The van der Waals surface area contributed by atoms with Crippen LogP contribution in [0, 0.1) is 5.92 Å². The molecular formula is C12H23NO4. The predicted molar refractivity (Wildman–Crippen MR) is 63.6 cm³/mol. The van der Waals surface area contributed by atoms with Crippen LogP contribution in [0.3, 0.4) is 0 Å². The summed E-state index contributed by atoms with van der Waals surface area (Å²) < 4.78 is 10.1. The molecule has 0 amide bonds. The number of esters is 1. The number of carbonyl (C=O) groups excluding carboxylic acids is 1. The van der Waals surface area contributed by atoms with Crippen LogP contribution in [-0.2, 0) is 14.3 Å². The summed E-state index contributed by atoms with van der Waals surface area (Å²) in [4.78, 5) is 11.2. The van der Waals surface area contributed by atoms with Gasteiger partial charge in [-0.05, 0) is 25.7 Å². The first kappa shape index (κ1) is 14.4. The van der Waals surface area contributed by atoms with Crippen molar-refractivity contribution in [2.45, 2.75) is 38.4 Å². The Morgan fingerprint density at radius 1 is 1.65 bits per heavy atom. The van der Waals surface area contributed by atoms with Crippen molar-refractivity contribution in [3.05, 3.63) is 0 Å². The Morgan fingerprint density at radius 3 is 2.94 bits per heavy atom. The molecule has 0 aromatic heterocycles. The van der Waals surface area contributed by atoms with Gasteiger partial charge in [0.05, 0.1) is 13.2 Å². The van der Waals surface area contributed by atoms with E-state index in [-0.39, 0.29) is 6.54 Å². The van der Waals surface area contributed by atoms with Gasteiger partial charge in [0.25, 0.3) is 0 Å². The zero-order chi connectivity index (χ0) is 12.9. The van der Waals surface area contributed by atoms with Gasteiger partial charge in [-0.3, -0.25) is 0 Å². The highest BCUT2D eigenvalue weighted by Crippen LogP contribution is 2.22. The van der Waals surface area contributed by atoms with Crippen LogP contribution < -0.4 is 5.32 Å². The van der Waals surface area contributed by atoms with E-state index in [0.29, 0.717) is 12.0 Å². The van der Waals surface area contributed by atoms with E-state index in [1.807, 2.05) is 0 Å². The van der Waals surface area contributed by atoms with E-state index in [9.17, 15) is 9.90 Å². The van der Waals surface area contributed by atoms with Crippen molar-refractivity contribution in [2.24, 2.45) is 5.92 Å². The minimum atomic E-state index is -1.46. The highest BCUT2D eigenvalue weighted by Gasteiger charge is 2.32. The molecule has 2 N–H and O–H groups in total. The standard InChI is InChI=1S/C12H23NO4/c1-4-10-9(5-6-17-10)7-13-8-12(2,15)11(14)16-3/h9-10,13,15H,4-8H2,1-3H3. The van der Waals surface area contributed by atoms with Crippen LogP contribution in [0.2, 0.25) is 0 Å². The fourth-order valence-corrected chi connectivity index (χ4v) is 2.17. The zero-order valence-electron chi connectivity index (χ0n) is 10.9. The molecule has 0 spiro atoms. The molecule has 0 aromatic carbocycles.